The van der Waals surface area contributed by atoms with Crippen LogP contribution in [0.2, 0.25) is 5.02 Å². The standard InChI is InChI=1S/C32H28ClNO8S/c33-26-11-7-22(8-12-26)23-9-13-28(14-10-23)43(40,41)34(20-21-3-1-5-25(17-21)30(36)37)32(31(38)39)19-29(32)24-4-2-6-27(18-24)42-16-15-35/h1-14,17-18,29,35H,15-16,19-20H2,(H,36,37)(H,38,39)/t29-,32+/m0/s1. The van der Waals surface area contributed by atoms with Crippen LogP contribution in [0.1, 0.15) is 33.8 Å². The molecule has 0 aromatic heterocycles. The third-order valence-corrected chi connectivity index (χ3v) is 9.64. The van der Waals surface area contributed by atoms with Crippen LogP contribution in [0.3, 0.4) is 0 Å². The molecule has 0 aliphatic heterocycles. The van der Waals surface area contributed by atoms with Gasteiger partial charge in [0.15, 0.2) is 0 Å². The second-order valence-electron chi connectivity index (χ2n) is 10.2. The molecular formula is C32H28ClNO8S. The van der Waals surface area contributed by atoms with Crippen LogP contribution in [-0.4, -0.2) is 58.7 Å². The number of aliphatic carboxylic acids is 1. The highest BCUT2D eigenvalue weighted by Crippen LogP contribution is 2.58. The van der Waals surface area contributed by atoms with Crippen molar-refractivity contribution >= 4 is 33.6 Å². The summed E-state index contributed by atoms with van der Waals surface area (Å²) in [6.07, 6.45) is -0.00744. The van der Waals surface area contributed by atoms with Gasteiger partial charge in [0.1, 0.15) is 17.9 Å². The fraction of sp³-hybridized carbons (Fsp3) is 0.188. The third-order valence-electron chi connectivity index (χ3n) is 7.49. The normalized spacial score (nSPS) is 17.9. The topological polar surface area (TPSA) is 141 Å². The van der Waals surface area contributed by atoms with E-state index < -0.39 is 33.4 Å². The summed E-state index contributed by atoms with van der Waals surface area (Å²) in [6.45, 7) is -0.526. The number of rotatable bonds is 12. The van der Waals surface area contributed by atoms with Crippen molar-refractivity contribution < 1.29 is 38.1 Å². The fourth-order valence-electron chi connectivity index (χ4n) is 5.25. The zero-order chi connectivity index (χ0) is 30.8. The number of sulfonamides is 1. The first-order valence-electron chi connectivity index (χ1n) is 13.3. The van der Waals surface area contributed by atoms with Crippen LogP contribution < -0.4 is 4.74 Å². The van der Waals surface area contributed by atoms with E-state index in [2.05, 4.69) is 0 Å². The van der Waals surface area contributed by atoms with Crippen molar-refractivity contribution in [1.29, 1.82) is 0 Å². The van der Waals surface area contributed by atoms with E-state index in [1.165, 1.54) is 30.3 Å². The third kappa shape index (κ3) is 6.14. The molecule has 9 nitrogen and oxygen atoms in total. The molecule has 4 aromatic rings. The average molecular weight is 622 g/mol. The van der Waals surface area contributed by atoms with Gasteiger partial charge in [0, 0.05) is 17.5 Å². The maximum atomic E-state index is 14.3. The van der Waals surface area contributed by atoms with Crippen LogP contribution in [0, 0.1) is 0 Å². The van der Waals surface area contributed by atoms with Gasteiger partial charge in [-0.05, 0) is 77.2 Å². The SMILES string of the molecule is O=C(O)c1cccc(CN([C@]2(C(=O)O)C[C@H]2c2cccc(OCCO)c2)S(=O)(=O)c2ccc(-c3ccc(Cl)cc3)cc2)c1. The van der Waals surface area contributed by atoms with Crippen molar-refractivity contribution in [1.82, 2.24) is 4.31 Å². The molecule has 2 atom stereocenters. The Morgan fingerprint density at radius 1 is 0.907 bits per heavy atom. The van der Waals surface area contributed by atoms with Gasteiger partial charge < -0.3 is 20.1 Å². The lowest BCUT2D eigenvalue weighted by atomic mass is 10.0. The first-order chi connectivity index (χ1) is 20.6. The summed E-state index contributed by atoms with van der Waals surface area (Å²) in [6, 6.07) is 25.7. The van der Waals surface area contributed by atoms with Gasteiger partial charge in [-0.15, -0.1) is 0 Å². The van der Waals surface area contributed by atoms with Crippen LogP contribution >= 0.6 is 11.6 Å². The molecule has 222 valence electrons. The summed E-state index contributed by atoms with van der Waals surface area (Å²) in [7, 11) is -4.42. The molecule has 0 bridgehead atoms. The molecule has 0 amide bonds. The molecule has 0 spiro atoms. The molecule has 1 fully saturated rings. The Morgan fingerprint density at radius 2 is 1.56 bits per heavy atom. The minimum absolute atomic E-state index is 0.00744. The lowest BCUT2D eigenvalue weighted by Crippen LogP contribution is -2.48. The van der Waals surface area contributed by atoms with Crippen LogP contribution in [0.25, 0.3) is 11.1 Å². The lowest BCUT2D eigenvalue weighted by Gasteiger charge is -2.30. The summed E-state index contributed by atoms with van der Waals surface area (Å²) < 4.78 is 35.1. The molecule has 3 N–H and O–H groups in total. The number of benzene rings is 4. The summed E-state index contributed by atoms with van der Waals surface area (Å²) in [5, 5.41) is 29.8. The summed E-state index contributed by atoms with van der Waals surface area (Å²) in [5.74, 6) is -2.81. The largest absolute Gasteiger partial charge is 0.491 e. The van der Waals surface area contributed by atoms with E-state index in [0.717, 1.165) is 15.4 Å². The Balaban J connectivity index is 1.57. The molecular weight excluding hydrogens is 594 g/mol. The summed E-state index contributed by atoms with van der Waals surface area (Å²) in [5.41, 5.74) is 0.565. The number of ether oxygens (including phenoxy) is 1. The Hall–Kier alpha value is -4.22. The first-order valence-corrected chi connectivity index (χ1v) is 15.2. The van der Waals surface area contributed by atoms with E-state index in [0.29, 0.717) is 21.9 Å². The van der Waals surface area contributed by atoms with E-state index >= 15 is 0 Å². The average Bonchev–Trinajstić information content (AvgIpc) is 3.76. The second kappa shape index (κ2) is 12.2. The molecule has 11 heteroatoms. The number of carbonyl (C=O) groups is 2. The quantitative estimate of drug-likeness (QED) is 0.194. The number of aliphatic hydroxyl groups is 1. The maximum Gasteiger partial charge on any atom is 0.335 e. The minimum atomic E-state index is -4.42. The van der Waals surface area contributed by atoms with Gasteiger partial charge in [-0.2, -0.15) is 4.31 Å². The molecule has 1 aliphatic rings. The lowest BCUT2D eigenvalue weighted by molar-refractivity contribution is -0.143. The van der Waals surface area contributed by atoms with Crippen LogP contribution in [0.4, 0.5) is 0 Å². The highest BCUT2D eigenvalue weighted by atomic mass is 35.5. The first kappa shape index (κ1) is 30.2. The molecule has 1 aliphatic carbocycles. The van der Waals surface area contributed by atoms with Crippen LogP contribution in [-0.2, 0) is 21.4 Å². The molecule has 0 unspecified atom stereocenters. The van der Waals surface area contributed by atoms with Gasteiger partial charge in [0.2, 0.25) is 10.0 Å². The summed E-state index contributed by atoms with van der Waals surface area (Å²) >= 11 is 5.99. The van der Waals surface area contributed by atoms with E-state index in [4.69, 9.17) is 21.4 Å². The Labute approximate surface area is 253 Å². The Bertz CT molecular complexity index is 1760. The van der Waals surface area contributed by atoms with E-state index in [1.807, 2.05) is 0 Å². The van der Waals surface area contributed by atoms with Crippen molar-refractivity contribution in [3.8, 4) is 16.9 Å². The molecule has 0 heterocycles. The number of carboxylic acid groups (broad SMARTS) is 2. The van der Waals surface area contributed by atoms with Crippen LogP contribution in [0.15, 0.2) is 102 Å². The van der Waals surface area contributed by atoms with E-state index in [9.17, 15) is 28.2 Å². The number of carboxylic acids is 2. The maximum absolute atomic E-state index is 14.3. The molecule has 5 rings (SSSR count). The van der Waals surface area contributed by atoms with Gasteiger partial charge in [-0.3, -0.25) is 4.79 Å². The molecule has 1 saturated carbocycles. The van der Waals surface area contributed by atoms with Gasteiger partial charge in [0.25, 0.3) is 0 Å². The molecule has 4 aromatic carbocycles. The monoisotopic (exact) mass is 621 g/mol. The Kier molecular flexibility index (Phi) is 8.57. The number of nitrogens with zero attached hydrogens (tertiary/aromatic N) is 1. The number of hydrogen-bond donors (Lipinski definition) is 3. The smallest absolute Gasteiger partial charge is 0.335 e. The second-order valence-corrected chi connectivity index (χ2v) is 12.5. The predicted octanol–water partition coefficient (Wildman–Crippen LogP) is 5.28. The fourth-order valence-corrected chi connectivity index (χ4v) is 7.14. The zero-order valence-electron chi connectivity index (χ0n) is 22.8. The van der Waals surface area contributed by atoms with E-state index in [1.54, 1.807) is 66.7 Å². The van der Waals surface area contributed by atoms with Crippen molar-refractivity contribution in [2.24, 2.45) is 0 Å². The molecule has 0 saturated heterocycles. The Morgan fingerprint density at radius 3 is 2.19 bits per heavy atom. The van der Waals surface area contributed by atoms with E-state index in [-0.39, 0.29) is 36.6 Å². The van der Waals surface area contributed by atoms with Gasteiger partial charge in [-0.25, -0.2) is 13.2 Å². The van der Waals surface area contributed by atoms with Crippen molar-refractivity contribution in [3.05, 3.63) is 119 Å². The molecule has 0 radical (unpaired) electrons. The minimum Gasteiger partial charge on any atom is -0.491 e. The number of hydrogen-bond acceptors (Lipinski definition) is 6. The van der Waals surface area contributed by atoms with Gasteiger partial charge in [0.05, 0.1) is 17.1 Å². The van der Waals surface area contributed by atoms with Crippen molar-refractivity contribution in [3.63, 3.8) is 0 Å². The number of aromatic carboxylic acids is 1. The number of halogens is 1. The van der Waals surface area contributed by atoms with Crippen LogP contribution in [0.5, 0.6) is 5.75 Å². The highest BCUT2D eigenvalue weighted by molar-refractivity contribution is 7.89. The zero-order valence-corrected chi connectivity index (χ0v) is 24.3. The predicted molar refractivity (Wildman–Crippen MR) is 160 cm³/mol. The summed E-state index contributed by atoms with van der Waals surface area (Å²) in [4.78, 5) is 24.5. The van der Waals surface area contributed by atoms with Gasteiger partial charge in [-0.1, -0.05) is 60.1 Å². The highest BCUT2D eigenvalue weighted by Gasteiger charge is 2.68. The van der Waals surface area contributed by atoms with Gasteiger partial charge >= 0.3 is 11.9 Å². The molecule has 43 heavy (non-hydrogen) atoms. The van der Waals surface area contributed by atoms with Crippen molar-refractivity contribution in [2.45, 2.75) is 29.3 Å². The number of aliphatic hydroxyl groups excluding tert-OH is 1. The van der Waals surface area contributed by atoms with Crippen molar-refractivity contribution in [2.75, 3.05) is 13.2 Å².